The molecule has 1 fully saturated rings. The molecule has 4 heterocycles. The molecule has 4 aromatic heterocycles. The summed E-state index contributed by atoms with van der Waals surface area (Å²) in [6.45, 7) is 0. The first kappa shape index (κ1) is 15.7. The third-order valence-electron chi connectivity index (χ3n) is 4.08. The Morgan fingerprint density at radius 2 is 2.19 bits per heavy atom. The van der Waals surface area contributed by atoms with E-state index in [0.29, 0.717) is 28.3 Å². The summed E-state index contributed by atoms with van der Waals surface area (Å²) >= 11 is 2.89. The van der Waals surface area contributed by atoms with Gasteiger partial charge >= 0.3 is 0 Å². The van der Waals surface area contributed by atoms with Crippen molar-refractivity contribution in [1.29, 1.82) is 0 Å². The van der Waals surface area contributed by atoms with Crippen molar-refractivity contribution >= 4 is 33.3 Å². The average molecular weight is 383 g/mol. The van der Waals surface area contributed by atoms with Crippen molar-refractivity contribution < 1.29 is 4.52 Å². The van der Waals surface area contributed by atoms with E-state index in [0.717, 1.165) is 23.1 Å². The summed E-state index contributed by atoms with van der Waals surface area (Å²) in [5.74, 6) is 1.40. The smallest absolute Gasteiger partial charge is 0.272 e. The third-order valence-corrected chi connectivity index (χ3v) is 5.91. The third kappa shape index (κ3) is 2.82. The quantitative estimate of drug-likeness (QED) is 0.385. The molecule has 1 aliphatic rings. The molecule has 5 rings (SSSR count). The van der Waals surface area contributed by atoms with Crippen LogP contribution < -0.4 is 5.56 Å². The zero-order chi connectivity index (χ0) is 17.5. The van der Waals surface area contributed by atoms with E-state index in [1.807, 2.05) is 34.2 Å². The number of thioether (sulfide) groups is 1. The van der Waals surface area contributed by atoms with Crippen LogP contribution in [0, 0.1) is 0 Å². The predicted molar refractivity (Wildman–Crippen MR) is 99.2 cm³/mol. The van der Waals surface area contributed by atoms with Crippen LogP contribution in [0.2, 0.25) is 0 Å². The monoisotopic (exact) mass is 383 g/mol. The fourth-order valence-electron chi connectivity index (χ4n) is 2.70. The highest BCUT2D eigenvalue weighted by molar-refractivity contribution is 7.98. The molecule has 0 unspecified atom stereocenters. The lowest BCUT2D eigenvalue weighted by Crippen LogP contribution is -2.21. The molecular formula is C17H13N5O2S2. The van der Waals surface area contributed by atoms with Crippen molar-refractivity contribution in [2.45, 2.75) is 29.8 Å². The van der Waals surface area contributed by atoms with E-state index in [1.165, 1.54) is 23.1 Å². The SMILES string of the molecule is O=c1c2sccc2nc(SCc2nc(-c3ccccn3)no2)n1C1CC1. The molecule has 0 radical (unpaired) electrons. The Kier molecular flexibility index (Phi) is 3.83. The standard InChI is InChI=1S/C17H13N5O2S2/c23-16-14-11(6-8-25-14)19-17(22(16)10-4-5-10)26-9-13-20-15(21-24-13)12-3-1-2-7-18-12/h1-3,6-8,10H,4-5,9H2. The van der Waals surface area contributed by atoms with Crippen molar-refractivity contribution in [3.63, 3.8) is 0 Å². The van der Waals surface area contributed by atoms with Gasteiger partial charge in [0.15, 0.2) is 5.16 Å². The molecule has 0 spiro atoms. The number of rotatable bonds is 5. The molecule has 130 valence electrons. The van der Waals surface area contributed by atoms with E-state index >= 15 is 0 Å². The second-order valence-electron chi connectivity index (χ2n) is 5.95. The van der Waals surface area contributed by atoms with E-state index in [-0.39, 0.29) is 11.6 Å². The lowest BCUT2D eigenvalue weighted by molar-refractivity contribution is 0.391. The van der Waals surface area contributed by atoms with Gasteiger partial charge in [0.2, 0.25) is 11.7 Å². The van der Waals surface area contributed by atoms with Crippen LogP contribution in [0.15, 0.2) is 50.3 Å². The summed E-state index contributed by atoms with van der Waals surface area (Å²) in [6, 6.07) is 7.69. The van der Waals surface area contributed by atoms with Crippen molar-refractivity contribution in [3.05, 3.63) is 52.1 Å². The number of aromatic nitrogens is 5. The van der Waals surface area contributed by atoms with Crippen LogP contribution in [-0.2, 0) is 5.75 Å². The maximum Gasteiger partial charge on any atom is 0.272 e. The molecule has 26 heavy (non-hydrogen) atoms. The minimum absolute atomic E-state index is 0.0507. The first-order chi connectivity index (χ1) is 12.8. The van der Waals surface area contributed by atoms with E-state index < -0.39 is 0 Å². The Morgan fingerprint density at radius 1 is 1.27 bits per heavy atom. The van der Waals surface area contributed by atoms with Gasteiger partial charge in [0.05, 0.1) is 11.3 Å². The van der Waals surface area contributed by atoms with Crippen LogP contribution in [0.25, 0.3) is 21.7 Å². The Balaban J connectivity index is 1.43. The minimum Gasteiger partial charge on any atom is -0.338 e. The summed E-state index contributed by atoms with van der Waals surface area (Å²) in [4.78, 5) is 26.0. The molecule has 9 heteroatoms. The first-order valence-electron chi connectivity index (χ1n) is 8.16. The molecular weight excluding hydrogens is 370 g/mol. The molecule has 4 aromatic rings. The number of hydrogen-bond donors (Lipinski definition) is 0. The Hall–Kier alpha value is -2.52. The molecule has 0 saturated heterocycles. The van der Waals surface area contributed by atoms with Gasteiger partial charge in [-0.15, -0.1) is 11.3 Å². The van der Waals surface area contributed by atoms with Gasteiger partial charge in [0.1, 0.15) is 10.4 Å². The lowest BCUT2D eigenvalue weighted by Gasteiger charge is -2.09. The van der Waals surface area contributed by atoms with E-state index in [1.54, 1.807) is 6.20 Å². The average Bonchev–Trinajstić information content (AvgIpc) is 3.19. The Labute approximate surface area is 156 Å². The van der Waals surface area contributed by atoms with Gasteiger partial charge in [-0.2, -0.15) is 4.98 Å². The van der Waals surface area contributed by atoms with Crippen LogP contribution in [0.4, 0.5) is 0 Å². The maximum absolute atomic E-state index is 12.8. The van der Waals surface area contributed by atoms with Crippen molar-refractivity contribution in [3.8, 4) is 11.5 Å². The summed E-state index contributed by atoms with van der Waals surface area (Å²) in [7, 11) is 0. The van der Waals surface area contributed by atoms with Gasteiger partial charge in [0, 0.05) is 12.2 Å². The highest BCUT2D eigenvalue weighted by Crippen LogP contribution is 2.37. The van der Waals surface area contributed by atoms with E-state index in [4.69, 9.17) is 4.52 Å². The molecule has 0 N–H and O–H groups in total. The largest absolute Gasteiger partial charge is 0.338 e. The van der Waals surface area contributed by atoms with Gasteiger partial charge < -0.3 is 4.52 Å². The molecule has 0 bridgehead atoms. The van der Waals surface area contributed by atoms with Crippen molar-refractivity contribution in [2.75, 3.05) is 0 Å². The number of fused-ring (bicyclic) bond motifs is 1. The van der Waals surface area contributed by atoms with Crippen molar-refractivity contribution in [2.24, 2.45) is 0 Å². The molecule has 0 atom stereocenters. The zero-order valence-corrected chi connectivity index (χ0v) is 15.2. The Bertz CT molecular complexity index is 1130. The zero-order valence-electron chi connectivity index (χ0n) is 13.5. The highest BCUT2D eigenvalue weighted by Gasteiger charge is 2.29. The minimum atomic E-state index is 0.0507. The summed E-state index contributed by atoms with van der Waals surface area (Å²) in [6.07, 6.45) is 3.74. The normalized spacial score (nSPS) is 14.2. The van der Waals surface area contributed by atoms with Crippen LogP contribution >= 0.6 is 23.1 Å². The van der Waals surface area contributed by atoms with Crippen LogP contribution in [0.3, 0.4) is 0 Å². The van der Waals surface area contributed by atoms with E-state index in [9.17, 15) is 4.79 Å². The number of hydrogen-bond acceptors (Lipinski definition) is 8. The summed E-state index contributed by atoms with van der Waals surface area (Å²) in [5.41, 5.74) is 1.47. The second-order valence-corrected chi connectivity index (χ2v) is 7.81. The van der Waals surface area contributed by atoms with Crippen LogP contribution in [0.5, 0.6) is 0 Å². The maximum atomic E-state index is 12.8. The molecule has 7 nitrogen and oxygen atoms in total. The van der Waals surface area contributed by atoms with Crippen molar-refractivity contribution in [1.82, 2.24) is 24.7 Å². The Morgan fingerprint density at radius 3 is 3.00 bits per heavy atom. The molecule has 1 saturated carbocycles. The van der Waals surface area contributed by atoms with Gasteiger partial charge in [-0.05, 0) is 36.4 Å². The molecule has 0 aliphatic heterocycles. The lowest BCUT2D eigenvalue weighted by atomic mass is 10.3. The summed E-state index contributed by atoms with van der Waals surface area (Å²) < 4.78 is 7.86. The predicted octanol–water partition coefficient (Wildman–Crippen LogP) is 3.53. The van der Waals surface area contributed by atoms with E-state index in [2.05, 4.69) is 20.1 Å². The molecule has 0 aromatic carbocycles. The fraction of sp³-hybridized carbons (Fsp3) is 0.235. The van der Waals surface area contributed by atoms with Crippen LogP contribution in [-0.4, -0.2) is 24.7 Å². The topological polar surface area (TPSA) is 86.7 Å². The highest BCUT2D eigenvalue weighted by atomic mass is 32.2. The van der Waals surface area contributed by atoms with Gasteiger partial charge in [-0.25, -0.2) is 4.98 Å². The number of thiophene rings is 1. The number of pyridine rings is 1. The number of nitrogens with zero attached hydrogens (tertiary/aromatic N) is 5. The van der Waals surface area contributed by atoms with Crippen LogP contribution in [0.1, 0.15) is 24.8 Å². The summed E-state index contributed by atoms with van der Waals surface area (Å²) in [5, 5.41) is 6.59. The molecule has 1 aliphatic carbocycles. The van der Waals surface area contributed by atoms with Gasteiger partial charge in [0.25, 0.3) is 5.56 Å². The fourth-order valence-corrected chi connectivity index (χ4v) is 4.37. The molecule has 0 amide bonds. The first-order valence-corrected chi connectivity index (χ1v) is 10.0. The van der Waals surface area contributed by atoms with Gasteiger partial charge in [-0.3, -0.25) is 14.3 Å². The second kappa shape index (κ2) is 6.33. The van der Waals surface area contributed by atoms with Gasteiger partial charge in [-0.1, -0.05) is 23.0 Å².